The largest absolute Gasteiger partial charge is 0.495 e. The fourth-order valence-corrected chi connectivity index (χ4v) is 3.89. The summed E-state index contributed by atoms with van der Waals surface area (Å²) in [5.41, 5.74) is 0.539. The molecule has 0 fully saturated rings. The summed E-state index contributed by atoms with van der Waals surface area (Å²) in [5.74, 6) is 0.789. The maximum atomic E-state index is 13.2. The molecular formula is C24H23F3N4O2. The number of nitrogens with one attached hydrogen (secondary N) is 2. The molecule has 1 aromatic heterocycles. The van der Waals surface area contributed by atoms with Crippen LogP contribution < -0.4 is 15.4 Å². The molecule has 0 radical (unpaired) electrons. The minimum atomic E-state index is -4.49. The highest BCUT2D eigenvalue weighted by molar-refractivity contribution is 6.03. The predicted octanol–water partition coefficient (Wildman–Crippen LogP) is 6.15. The number of halogens is 3. The Morgan fingerprint density at radius 1 is 1.00 bits per heavy atom. The highest BCUT2D eigenvalue weighted by Crippen LogP contribution is 2.39. The minimum absolute atomic E-state index is 0.153. The van der Waals surface area contributed by atoms with Crippen LogP contribution in [0.4, 0.5) is 36.3 Å². The molecule has 1 aliphatic carbocycles. The zero-order chi connectivity index (χ0) is 23.8. The van der Waals surface area contributed by atoms with Crippen LogP contribution in [0.1, 0.15) is 41.9 Å². The first-order chi connectivity index (χ1) is 15.6. The molecule has 1 heterocycles. The standard InChI is InChI=1S/C24H23F3N4O2/c1-23(2)12-17-20(18(32)13-23)21(28-15-8-6-7-14(11-15)24(25,26)27)31-22(30-17)29-16-9-4-5-10-19(16)33-3/h4-11H,12-13H2,1-3H3,(H2,28,29,30,31). The van der Waals surface area contributed by atoms with Crippen LogP contribution in [0, 0.1) is 5.41 Å². The summed E-state index contributed by atoms with van der Waals surface area (Å²) in [5, 5.41) is 6.01. The maximum absolute atomic E-state index is 13.2. The summed E-state index contributed by atoms with van der Waals surface area (Å²) < 4.78 is 44.9. The number of nitrogens with zero attached hydrogens (tertiary/aromatic N) is 2. The number of alkyl halides is 3. The molecule has 0 atom stereocenters. The molecule has 3 aromatic rings. The Hall–Kier alpha value is -3.62. The summed E-state index contributed by atoms with van der Waals surface area (Å²) in [6.45, 7) is 3.95. The van der Waals surface area contributed by atoms with Crippen molar-refractivity contribution in [3.05, 3.63) is 65.4 Å². The number of benzene rings is 2. The third-order valence-corrected chi connectivity index (χ3v) is 5.35. The molecule has 9 heteroatoms. The maximum Gasteiger partial charge on any atom is 0.416 e. The van der Waals surface area contributed by atoms with Gasteiger partial charge in [-0.05, 0) is 42.2 Å². The molecule has 33 heavy (non-hydrogen) atoms. The third-order valence-electron chi connectivity index (χ3n) is 5.35. The normalized spacial score (nSPS) is 15.0. The number of hydrogen-bond acceptors (Lipinski definition) is 6. The van der Waals surface area contributed by atoms with Crippen LogP contribution in [-0.2, 0) is 12.6 Å². The van der Waals surface area contributed by atoms with Crippen LogP contribution >= 0.6 is 0 Å². The molecule has 1 aliphatic rings. The van der Waals surface area contributed by atoms with Crippen molar-refractivity contribution in [3.63, 3.8) is 0 Å². The summed E-state index contributed by atoms with van der Waals surface area (Å²) >= 11 is 0. The summed E-state index contributed by atoms with van der Waals surface area (Å²) in [6, 6.07) is 12.0. The Balaban J connectivity index is 1.78. The second kappa shape index (κ2) is 8.38. The van der Waals surface area contributed by atoms with E-state index in [2.05, 4.69) is 20.6 Å². The van der Waals surface area contributed by atoms with E-state index in [1.165, 1.54) is 19.2 Å². The number of ketones is 1. The van der Waals surface area contributed by atoms with Crippen molar-refractivity contribution in [1.29, 1.82) is 0 Å². The number of carbonyl (C=O) groups excluding carboxylic acids is 1. The second-order valence-corrected chi connectivity index (χ2v) is 8.69. The van der Waals surface area contributed by atoms with Gasteiger partial charge in [-0.2, -0.15) is 18.2 Å². The quantitative estimate of drug-likeness (QED) is 0.480. The van der Waals surface area contributed by atoms with E-state index in [0.29, 0.717) is 35.5 Å². The van der Waals surface area contributed by atoms with Gasteiger partial charge < -0.3 is 15.4 Å². The van der Waals surface area contributed by atoms with Gasteiger partial charge in [0.1, 0.15) is 11.6 Å². The first kappa shape index (κ1) is 22.6. The molecule has 172 valence electrons. The molecule has 0 spiro atoms. The highest BCUT2D eigenvalue weighted by atomic mass is 19.4. The van der Waals surface area contributed by atoms with E-state index in [0.717, 1.165) is 12.1 Å². The van der Waals surface area contributed by atoms with Crippen molar-refractivity contribution in [1.82, 2.24) is 9.97 Å². The van der Waals surface area contributed by atoms with Crippen molar-refractivity contribution >= 4 is 28.9 Å². The van der Waals surface area contributed by atoms with E-state index in [9.17, 15) is 18.0 Å². The molecule has 0 aliphatic heterocycles. The lowest BCUT2D eigenvalue weighted by Gasteiger charge is -2.30. The highest BCUT2D eigenvalue weighted by Gasteiger charge is 2.35. The van der Waals surface area contributed by atoms with Crippen molar-refractivity contribution in [2.75, 3.05) is 17.7 Å². The Labute approximate surface area is 189 Å². The lowest BCUT2D eigenvalue weighted by Crippen LogP contribution is -2.29. The van der Waals surface area contributed by atoms with Gasteiger partial charge in [-0.15, -0.1) is 0 Å². The fraction of sp³-hybridized carbons (Fsp3) is 0.292. The molecule has 2 N–H and O–H groups in total. The average Bonchev–Trinajstić information content (AvgIpc) is 2.72. The number of fused-ring (bicyclic) bond motifs is 1. The van der Waals surface area contributed by atoms with Gasteiger partial charge in [0.15, 0.2) is 5.78 Å². The van der Waals surface area contributed by atoms with Gasteiger partial charge in [0, 0.05) is 12.1 Å². The number of ether oxygens (including phenoxy) is 1. The van der Waals surface area contributed by atoms with Gasteiger partial charge in [-0.3, -0.25) is 4.79 Å². The number of Topliss-reactive ketones (excluding diaryl/α,β-unsaturated/α-hetero) is 1. The smallest absolute Gasteiger partial charge is 0.416 e. The number of hydrogen-bond donors (Lipinski definition) is 2. The molecule has 0 unspecified atom stereocenters. The monoisotopic (exact) mass is 456 g/mol. The van der Waals surface area contributed by atoms with E-state index in [-0.39, 0.29) is 28.7 Å². The first-order valence-electron chi connectivity index (χ1n) is 10.3. The van der Waals surface area contributed by atoms with Gasteiger partial charge >= 0.3 is 6.18 Å². The number of carbonyl (C=O) groups is 1. The number of para-hydroxylation sites is 2. The van der Waals surface area contributed by atoms with Crippen molar-refractivity contribution in [2.45, 2.75) is 32.9 Å². The number of aromatic nitrogens is 2. The zero-order valence-corrected chi connectivity index (χ0v) is 18.4. The zero-order valence-electron chi connectivity index (χ0n) is 18.4. The van der Waals surface area contributed by atoms with E-state index in [1.807, 2.05) is 26.0 Å². The van der Waals surface area contributed by atoms with Crippen LogP contribution in [0.15, 0.2) is 48.5 Å². The Kier molecular flexibility index (Phi) is 5.73. The van der Waals surface area contributed by atoms with Gasteiger partial charge in [-0.1, -0.05) is 32.0 Å². The lowest BCUT2D eigenvalue weighted by molar-refractivity contribution is -0.137. The van der Waals surface area contributed by atoms with Crippen LogP contribution in [-0.4, -0.2) is 22.9 Å². The topological polar surface area (TPSA) is 76.1 Å². The molecular weight excluding hydrogens is 433 g/mol. The summed E-state index contributed by atoms with van der Waals surface area (Å²) in [7, 11) is 1.54. The first-order valence-corrected chi connectivity index (χ1v) is 10.3. The van der Waals surface area contributed by atoms with E-state index < -0.39 is 11.7 Å². The number of methoxy groups -OCH3 is 1. The van der Waals surface area contributed by atoms with Gasteiger partial charge in [-0.25, -0.2) is 4.98 Å². The van der Waals surface area contributed by atoms with E-state index >= 15 is 0 Å². The molecule has 0 saturated carbocycles. The molecule has 4 rings (SSSR count). The van der Waals surface area contributed by atoms with Crippen molar-refractivity contribution in [2.24, 2.45) is 5.41 Å². The minimum Gasteiger partial charge on any atom is -0.495 e. The van der Waals surface area contributed by atoms with Crippen LogP contribution in [0.3, 0.4) is 0 Å². The lowest BCUT2D eigenvalue weighted by atomic mass is 9.75. The average molecular weight is 456 g/mol. The fourth-order valence-electron chi connectivity index (χ4n) is 3.89. The number of rotatable bonds is 5. The molecule has 6 nitrogen and oxygen atoms in total. The van der Waals surface area contributed by atoms with Crippen molar-refractivity contribution in [3.8, 4) is 5.75 Å². The molecule has 0 amide bonds. The van der Waals surface area contributed by atoms with Crippen LogP contribution in [0.2, 0.25) is 0 Å². The summed E-state index contributed by atoms with van der Waals surface area (Å²) in [6.07, 6.45) is -3.67. The van der Waals surface area contributed by atoms with Gasteiger partial charge in [0.05, 0.1) is 29.6 Å². The second-order valence-electron chi connectivity index (χ2n) is 8.69. The summed E-state index contributed by atoms with van der Waals surface area (Å²) in [4.78, 5) is 22.0. The predicted molar refractivity (Wildman–Crippen MR) is 119 cm³/mol. The van der Waals surface area contributed by atoms with E-state index in [4.69, 9.17) is 4.74 Å². The van der Waals surface area contributed by atoms with E-state index in [1.54, 1.807) is 12.1 Å². The molecule has 2 aromatic carbocycles. The Morgan fingerprint density at radius 2 is 1.76 bits per heavy atom. The Bertz CT molecular complexity index is 1210. The van der Waals surface area contributed by atoms with Crippen LogP contribution in [0.5, 0.6) is 5.75 Å². The molecule has 0 bridgehead atoms. The van der Waals surface area contributed by atoms with Gasteiger partial charge in [0.2, 0.25) is 5.95 Å². The van der Waals surface area contributed by atoms with Crippen molar-refractivity contribution < 1.29 is 22.7 Å². The SMILES string of the molecule is COc1ccccc1Nc1nc2c(c(Nc3cccc(C(F)(F)F)c3)n1)C(=O)CC(C)(C)C2. The third kappa shape index (κ3) is 4.92. The molecule has 0 saturated heterocycles. The Morgan fingerprint density at radius 3 is 2.48 bits per heavy atom. The van der Waals surface area contributed by atoms with Crippen LogP contribution in [0.25, 0.3) is 0 Å². The number of anilines is 4. The van der Waals surface area contributed by atoms with Gasteiger partial charge in [0.25, 0.3) is 0 Å².